The van der Waals surface area contributed by atoms with Crippen LogP contribution in [0.1, 0.15) is 38.8 Å². The largest absolute Gasteiger partial charge is 0.451 e. The van der Waals surface area contributed by atoms with Crippen LogP contribution >= 0.6 is 23.5 Å². The maximum Gasteiger partial charge on any atom is 0.339 e. The molecule has 0 N–H and O–H groups in total. The van der Waals surface area contributed by atoms with E-state index in [0.717, 1.165) is 27.8 Å². The zero-order valence-electron chi connectivity index (χ0n) is 15.3. The Labute approximate surface area is 167 Å². The monoisotopic (exact) mass is 399 g/mol. The number of nitrogens with zero attached hydrogens (tertiary/aromatic N) is 1. The van der Waals surface area contributed by atoms with Crippen molar-refractivity contribution in [1.82, 2.24) is 0 Å². The van der Waals surface area contributed by atoms with E-state index in [9.17, 15) is 9.59 Å². The molecule has 0 aromatic heterocycles. The quantitative estimate of drug-likeness (QED) is 0.518. The number of carbonyl (C=O) groups is 2. The maximum atomic E-state index is 12.6. The Bertz CT molecular complexity index is 862. The normalized spacial score (nSPS) is 14.5. The number of aliphatic imine (C=N–C) groups is 1. The SMILES string of the molecule is Cc1ccc(C(=O)[C@@H](C)OC(=O)c2ccccc2CSC2=NCCS2)cc1. The van der Waals surface area contributed by atoms with E-state index in [1.165, 1.54) is 0 Å². The van der Waals surface area contributed by atoms with Crippen molar-refractivity contribution >= 4 is 39.7 Å². The van der Waals surface area contributed by atoms with Crippen molar-refractivity contribution in [2.45, 2.75) is 25.7 Å². The van der Waals surface area contributed by atoms with Crippen LogP contribution in [0.15, 0.2) is 53.5 Å². The molecule has 0 spiro atoms. The summed E-state index contributed by atoms with van der Waals surface area (Å²) in [4.78, 5) is 29.6. The number of aryl methyl sites for hydroxylation is 1. The molecule has 3 rings (SSSR count). The molecular formula is C21H21NO3S2. The van der Waals surface area contributed by atoms with E-state index in [0.29, 0.717) is 16.9 Å². The first kappa shape index (κ1) is 19.7. The van der Waals surface area contributed by atoms with Crippen LogP contribution < -0.4 is 0 Å². The highest BCUT2D eigenvalue weighted by Crippen LogP contribution is 2.27. The minimum absolute atomic E-state index is 0.202. The maximum absolute atomic E-state index is 12.6. The number of ketones is 1. The minimum Gasteiger partial charge on any atom is -0.451 e. The molecule has 1 aliphatic rings. The van der Waals surface area contributed by atoms with Gasteiger partial charge in [0.1, 0.15) is 4.38 Å². The zero-order valence-corrected chi connectivity index (χ0v) is 16.9. The first-order valence-corrected chi connectivity index (χ1v) is 10.7. The molecule has 0 aliphatic carbocycles. The zero-order chi connectivity index (χ0) is 19.2. The molecule has 1 heterocycles. The van der Waals surface area contributed by atoms with Crippen molar-refractivity contribution in [2.75, 3.05) is 12.3 Å². The van der Waals surface area contributed by atoms with Crippen molar-refractivity contribution in [2.24, 2.45) is 4.99 Å². The number of Topliss-reactive ketones (excluding diaryl/α,β-unsaturated/α-hetero) is 1. The fraction of sp³-hybridized carbons (Fsp3) is 0.286. The highest BCUT2D eigenvalue weighted by Gasteiger charge is 2.22. The van der Waals surface area contributed by atoms with Gasteiger partial charge in [0.15, 0.2) is 6.10 Å². The van der Waals surface area contributed by atoms with Gasteiger partial charge in [-0.05, 0) is 25.5 Å². The van der Waals surface area contributed by atoms with Crippen LogP contribution in [0.4, 0.5) is 0 Å². The third-order valence-electron chi connectivity index (χ3n) is 4.14. The van der Waals surface area contributed by atoms with E-state index in [2.05, 4.69) is 4.99 Å². The fourth-order valence-electron chi connectivity index (χ4n) is 2.62. The van der Waals surface area contributed by atoms with Gasteiger partial charge in [-0.1, -0.05) is 71.6 Å². The van der Waals surface area contributed by atoms with Crippen LogP contribution in [0.3, 0.4) is 0 Å². The Morgan fingerprint density at radius 2 is 1.93 bits per heavy atom. The van der Waals surface area contributed by atoms with Gasteiger partial charge in [-0.2, -0.15) is 0 Å². The molecule has 140 valence electrons. The first-order chi connectivity index (χ1) is 13.0. The number of hydrogen-bond acceptors (Lipinski definition) is 6. The molecule has 2 aromatic rings. The second-order valence-electron chi connectivity index (χ2n) is 6.22. The lowest BCUT2D eigenvalue weighted by Gasteiger charge is -2.14. The van der Waals surface area contributed by atoms with Crippen molar-refractivity contribution in [3.63, 3.8) is 0 Å². The molecule has 4 nitrogen and oxygen atoms in total. The summed E-state index contributed by atoms with van der Waals surface area (Å²) in [5.74, 6) is 0.995. The molecule has 0 bridgehead atoms. The molecule has 1 aliphatic heterocycles. The molecule has 0 saturated carbocycles. The summed E-state index contributed by atoms with van der Waals surface area (Å²) in [5, 5.41) is 0. The third kappa shape index (κ3) is 5.23. The van der Waals surface area contributed by atoms with Gasteiger partial charge in [0.2, 0.25) is 5.78 Å². The van der Waals surface area contributed by atoms with Gasteiger partial charge in [0.25, 0.3) is 0 Å². The van der Waals surface area contributed by atoms with Crippen molar-refractivity contribution in [1.29, 1.82) is 0 Å². The van der Waals surface area contributed by atoms with Crippen LogP contribution in [0.5, 0.6) is 0 Å². The molecule has 1 atom stereocenters. The summed E-state index contributed by atoms with van der Waals surface area (Å²) in [5.41, 5.74) is 3.00. The molecule has 0 amide bonds. The summed E-state index contributed by atoms with van der Waals surface area (Å²) in [6.07, 6.45) is -0.837. The molecule has 0 radical (unpaired) electrons. The van der Waals surface area contributed by atoms with E-state index in [-0.39, 0.29) is 5.78 Å². The average Bonchev–Trinajstić information content (AvgIpc) is 3.20. The van der Waals surface area contributed by atoms with Gasteiger partial charge in [0, 0.05) is 17.1 Å². The van der Waals surface area contributed by atoms with Crippen LogP contribution in [-0.4, -0.2) is 34.5 Å². The van der Waals surface area contributed by atoms with Gasteiger partial charge < -0.3 is 4.74 Å². The van der Waals surface area contributed by atoms with Gasteiger partial charge >= 0.3 is 5.97 Å². The lowest BCUT2D eigenvalue weighted by atomic mass is 10.1. The van der Waals surface area contributed by atoms with E-state index in [1.807, 2.05) is 31.2 Å². The van der Waals surface area contributed by atoms with E-state index in [4.69, 9.17) is 4.74 Å². The summed E-state index contributed by atoms with van der Waals surface area (Å²) < 4.78 is 6.52. The predicted molar refractivity (Wildman–Crippen MR) is 113 cm³/mol. The Morgan fingerprint density at radius 1 is 1.19 bits per heavy atom. The number of hydrogen-bond donors (Lipinski definition) is 0. The summed E-state index contributed by atoms with van der Waals surface area (Å²) in [6.45, 7) is 4.43. The number of carbonyl (C=O) groups excluding carboxylic acids is 2. The average molecular weight is 400 g/mol. The number of benzene rings is 2. The highest BCUT2D eigenvalue weighted by molar-refractivity contribution is 8.38. The topological polar surface area (TPSA) is 55.7 Å². The summed E-state index contributed by atoms with van der Waals surface area (Å²) in [7, 11) is 0. The fourth-order valence-corrected chi connectivity index (χ4v) is 4.63. The second-order valence-corrected chi connectivity index (χ2v) is 8.53. The van der Waals surface area contributed by atoms with Crippen LogP contribution in [0.25, 0.3) is 0 Å². The molecule has 0 saturated heterocycles. The Kier molecular flexibility index (Phi) is 6.74. The predicted octanol–water partition coefficient (Wildman–Crippen LogP) is 4.76. The number of ether oxygens (including phenoxy) is 1. The van der Waals surface area contributed by atoms with E-state index in [1.54, 1.807) is 54.7 Å². The Morgan fingerprint density at radius 3 is 2.63 bits per heavy atom. The molecule has 2 aromatic carbocycles. The molecule has 27 heavy (non-hydrogen) atoms. The van der Waals surface area contributed by atoms with Crippen molar-refractivity contribution in [3.05, 3.63) is 70.8 Å². The Hall–Kier alpha value is -2.05. The molecule has 0 fully saturated rings. The van der Waals surface area contributed by atoms with Crippen LogP contribution in [-0.2, 0) is 10.5 Å². The minimum atomic E-state index is -0.837. The molecule has 0 unspecified atom stereocenters. The lowest BCUT2D eigenvalue weighted by molar-refractivity contribution is 0.0318. The number of esters is 1. The van der Waals surface area contributed by atoms with Crippen LogP contribution in [0.2, 0.25) is 0 Å². The number of rotatable bonds is 6. The summed E-state index contributed by atoms with van der Waals surface area (Å²) >= 11 is 3.37. The number of thioether (sulfide) groups is 2. The van der Waals surface area contributed by atoms with Gasteiger partial charge in [-0.3, -0.25) is 9.79 Å². The summed E-state index contributed by atoms with van der Waals surface area (Å²) in [6, 6.07) is 14.6. The van der Waals surface area contributed by atoms with E-state index >= 15 is 0 Å². The second kappa shape index (κ2) is 9.24. The molecular weight excluding hydrogens is 378 g/mol. The van der Waals surface area contributed by atoms with Gasteiger partial charge in [-0.15, -0.1) is 0 Å². The van der Waals surface area contributed by atoms with Gasteiger partial charge in [-0.25, -0.2) is 4.79 Å². The molecule has 6 heteroatoms. The lowest BCUT2D eigenvalue weighted by Crippen LogP contribution is -2.25. The first-order valence-electron chi connectivity index (χ1n) is 8.74. The van der Waals surface area contributed by atoms with Crippen molar-refractivity contribution in [3.8, 4) is 0 Å². The van der Waals surface area contributed by atoms with Crippen LogP contribution in [0, 0.1) is 6.92 Å². The van der Waals surface area contributed by atoms with Gasteiger partial charge in [0.05, 0.1) is 12.1 Å². The highest BCUT2D eigenvalue weighted by atomic mass is 32.2. The third-order valence-corrected chi connectivity index (χ3v) is 6.44. The van der Waals surface area contributed by atoms with E-state index < -0.39 is 12.1 Å². The Balaban J connectivity index is 1.66. The van der Waals surface area contributed by atoms with Crippen molar-refractivity contribution < 1.29 is 14.3 Å². The standard InChI is InChI=1S/C21H21NO3S2/c1-14-7-9-16(10-8-14)19(23)15(2)25-20(24)18-6-4-3-5-17(18)13-27-21-22-11-12-26-21/h3-10,15H,11-13H2,1-2H3/t15-/m1/s1. The smallest absolute Gasteiger partial charge is 0.339 e.